The molecule has 36 heavy (non-hydrogen) atoms. The lowest BCUT2D eigenvalue weighted by molar-refractivity contribution is 0.0795. The molecule has 3 aromatic carbocycles. The number of halogens is 3. The van der Waals surface area contributed by atoms with Crippen molar-refractivity contribution in [1.82, 2.24) is 9.88 Å². The fraction of sp³-hybridized carbons (Fsp3) is 0.276. The zero-order valence-electron chi connectivity index (χ0n) is 19.7. The average molecular weight is 542 g/mol. The predicted octanol–water partition coefficient (Wildman–Crippen LogP) is 7.88. The van der Waals surface area contributed by atoms with Crippen LogP contribution in [0.25, 0.3) is 10.8 Å². The molecule has 0 amide bonds. The van der Waals surface area contributed by atoms with E-state index in [1.807, 2.05) is 48.5 Å². The Hall–Kier alpha value is -2.50. The van der Waals surface area contributed by atoms with Crippen LogP contribution in [0.3, 0.4) is 0 Å². The topological polar surface area (TPSA) is 45.3 Å². The van der Waals surface area contributed by atoms with Gasteiger partial charge in [-0.15, -0.1) is 0 Å². The maximum atomic E-state index is 12.1. The lowest BCUT2D eigenvalue weighted by atomic mass is 9.91. The highest BCUT2D eigenvalue weighted by molar-refractivity contribution is 6.33. The Labute approximate surface area is 225 Å². The molecule has 0 radical (unpaired) electrons. The first kappa shape index (κ1) is 25.2. The van der Waals surface area contributed by atoms with Gasteiger partial charge in [-0.2, -0.15) is 0 Å². The van der Waals surface area contributed by atoms with E-state index in [1.165, 1.54) is 11.1 Å². The molecule has 4 aromatic rings. The molecule has 1 aliphatic carbocycles. The minimum atomic E-state index is -0.152. The van der Waals surface area contributed by atoms with Crippen LogP contribution in [0.4, 0.5) is 0 Å². The highest BCUT2D eigenvalue weighted by atomic mass is 35.5. The summed E-state index contributed by atoms with van der Waals surface area (Å²) in [6.07, 6.45) is 5.60. The largest absolute Gasteiger partial charge is 0.489 e. The molecule has 1 N–H and O–H groups in total. The molecule has 4 nitrogen and oxygen atoms in total. The van der Waals surface area contributed by atoms with Gasteiger partial charge in [-0.3, -0.25) is 9.69 Å². The number of rotatable bonds is 7. The van der Waals surface area contributed by atoms with Crippen LogP contribution in [0.1, 0.15) is 36.8 Å². The molecule has 1 heterocycles. The molecule has 1 saturated carbocycles. The van der Waals surface area contributed by atoms with Crippen molar-refractivity contribution in [3.63, 3.8) is 0 Å². The van der Waals surface area contributed by atoms with Crippen LogP contribution in [-0.4, -0.2) is 22.0 Å². The third-order valence-corrected chi connectivity index (χ3v) is 7.59. The van der Waals surface area contributed by atoms with Gasteiger partial charge in [0.05, 0.1) is 11.1 Å². The Morgan fingerprint density at radius 1 is 0.833 bits per heavy atom. The summed E-state index contributed by atoms with van der Waals surface area (Å²) in [7, 11) is 0. The minimum Gasteiger partial charge on any atom is -0.489 e. The van der Waals surface area contributed by atoms with Crippen LogP contribution in [0, 0.1) is 0 Å². The number of hydrogen-bond donors (Lipinski definition) is 1. The molecule has 0 bridgehead atoms. The second-order valence-electron chi connectivity index (χ2n) is 9.39. The molecular weight excluding hydrogens is 515 g/mol. The normalized spacial score (nSPS) is 18.0. The van der Waals surface area contributed by atoms with Crippen LogP contribution in [0.15, 0.2) is 77.7 Å². The molecule has 7 heteroatoms. The van der Waals surface area contributed by atoms with Gasteiger partial charge in [0.2, 0.25) is 0 Å². The summed E-state index contributed by atoms with van der Waals surface area (Å²) in [6.45, 7) is 1.63. The Morgan fingerprint density at radius 3 is 2.08 bits per heavy atom. The summed E-state index contributed by atoms with van der Waals surface area (Å²) in [5, 5.41) is 3.35. The minimum absolute atomic E-state index is 0.0809. The fourth-order valence-corrected chi connectivity index (χ4v) is 5.67. The van der Waals surface area contributed by atoms with Gasteiger partial charge in [-0.05, 0) is 84.7 Å². The van der Waals surface area contributed by atoms with Gasteiger partial charge in [0.15, 0.2) is 0 Å². The first-order valence-corrected chi connectivity index (χ1v) is 13.3. The fourth-order valence-electron chi connectivity index (χ4n) is 5.04. The van der Waals surface area contributed by atoms with Crippen molar-refractivity contribution in [2.45, 2.75) is 50.9 Å². The van der Waals surface area contributed by atoms with Gasteiger partial charge in [-0.25, -0.2) is 0 Å². The highest BCUT2D eigenvalue weighted by Gasteiger charge is 2.28. The number of hydrogen-bond acceptors (Lipinski definition) is 3. The third-order valence-electron chi connectivity index (χ3n) is 6.83. The van der Waals surface area contributed by atoms with E-state index in [9.17, 15) is 4.79 Å². The van der Waals surface area contributed by atoms with Crippen LogP contribution in [0.5, 0.6) is 5.75 Å². The second kappa shape index (κ2) is 11.3. The van der Waals surface area contributed by atoms with Crippen molar-refractivity contribution in [2.75, 3.05) is 0 Å². The van der Waals surface area contributed by atoms with Crippen molar-refractivity contribution in [1.29, 1.82) is 0 Å². The quantitative estimate of drug-likeness (QED) is 0.259. The van der Waals surface area contributed by atoms with Crippen LogP contribution >= 0.6 is 34.8 Å². The zero-order chi connectivity index (χ0) is 25.1. The zero-order valence-corrected chi connectivity index (χ0v) is 22.0. The van der Waals surface area contributed by atoms with Crippen LogP contribution in [0.2, 0.25) is 15.1 Å². The van der Waals surface area contributed by atoms with Crippen molar-refractivity contribution >= 4 is 45.6 Å². The Kier molecular flexibility index (Phi) is 7.87. The van der Waals surface area contributed by atoms with E-state index in [1.54, 1.807) is 12.3 Å². The number of pyridine rings is 1. The number of nitrogens with zero attached hydrogens (tertiary/aromatic N) is 1. The van der Waals surface area contributed by atoms with E-state index in [4.69, 9.17) is 39.5 Å². The predicted molar refractivity (Wildman–Crippen MR) is 148 cm³/mol. The summed E-state index contributed by atoms with van der Waals surface area (Å²) < 4.78 is 6.33. The van der Waals surface area contributed by atoms with Crippen molar-refractivity contribution in [2.24, 2.45) is 0 Å². The molecule has 0 spiro atoms. The van der Waals surface area contributed by atoms with E-state index in [0.717, 1.165) is 54.2 Å². The summed E-state index contributed by atoms with van der Waals surface area (Å²) in [4.78, 5) is 17.3. The Balaban J connectivity index is 1.29. The summed E-state index contributed by atoms with van der Waals surface area (Å²) >= 11 is 19.0. The molecular formula is C29H27Cl3N2O2. The second-order valence-corrected chi connectivity index (χ2v) is 10.7. The Bertz CT molecular complexity index is 1370. The first-order chi connectivity index (χ1) is 17.4. The smallest absolute Gasteiger partial charge is 0.255 e. The van der Waals surface area contributed by atoms with Crippen molar-refractivity contribution in [3.05, 3.63) is 109 Å². The van der Waals surface area contributed by atoms with Gasteiger partial charge >= 0.3 is 0 Å². The SMILES string of the molecule is O=c1[nH]ccc2cc(O[C@H]3CC[C@@H](N(Cc4cccc(Cl)c4)Cc4cccc(Cl)c4)CC3)c(Cl)cc12. The maximum Gasteiger partial charge on any atom is 0.255 e. The lowest BCUT2D eigenvalue weighted by Crippen LogP contribution is -2.39. The number of nitrogens with one attached hydrogen (secondary N) is 1. The van der Waals surface area contributed by atoms with E-state index in [-0.39, 0.29) is 11.7 Å². The van der Waals surface area contributed by atoms with Crippen LogP contribution < -0.4 is 10.3 Å². The van der Waals surface area contributed by atoms with Crippen molar-refractivity contribution < 1.29 is 4.74 Å². The van der Waals surface area contributed by atoms with E-state index in [2.05, 4.69) is 22.0 Å². The molecule has 1 aromatic heterocycles. The van der Waals surface area contributed by atoms with Crippen LogP contribution in [-0.2, 0) is 13.1 Å². The maximum absolute atomic E-state index is 12.1. The summed E-state index contributed by atoms with van der Waals surface area (Å²) in [5.74, 6) is 0.632. The number of ether oxygens (including phenoxy) is 1. The molecule has 0 aliphatic heterocycles. The Morgan fingerprint density at radius 2 is 1.47 bits per heavy atom. The van der Waals surface area contributed by atoms with Gasteiger partial charge in [0.25, 0.3) is 5.56 Å². The first-order valence-electron chi connectivity index (χ1n) is 12.1. The molecule has 1 aliphatic rings. The van der Waals surface area contributed by atoms with E-state index < -0.39 is 0 Å². The molecule has 0 saturated heterocycles. The molecule has 5 rings (SSSR count). The molecule has 0 atom stereocenters. The number of H-pyrrole nitrogens is 1. The van der Waals surface area contributed by atoms with Gasteiger partial charge < -0.3 is 9.72 Å². The molecule has 0 unspecified atom stereocenters. The number of aromatic nitrogens is 1. The highest BCUT2D eigenvalue weighted by Crippen LogP contribution is 2.34. The molecule has 186 valence electrons. The number of benzene rings is 3. The standard InChI is InChI=1S/C29H27Cl3N2O2/c30-22-5-1-3-19(13-22)17-34(18-20-4-2-6-23(31)14-20)24-7-9-25(10-8-24)36-28-15-21-11-12-33-29(35)26(21)16-27(28)32/h1-6,11-16,24-25H,7-10,17-18H2,(H,33,35)/t24-,25+. The summed E-state index contributed by atoms with van der Waals surface area (Å²) in [5.41, 5.74) is 2.24. The van der Waals surface area contributed by atoms with Gasteiger partial charge in [0, 0.05) is 40.8 Å². The number of aromatic amines is 1. The van der Waals surface area contributed by atoms with Gasteiger partial charge in [0.1, 0.15) is 5.75 Å². The monoisotopic (exact) mass is 540 g/mol. The summed E-state index contributed by atoms with van der Waals surface area (Å²) in [6, 6.07) is 22.0. The van der Waals surface area contributed by atoms with E-state index in [0.29, 0.717) is 22.2 Å². The molecule has 1 fully saturated rings. The average Bonchev–Trinajstić information content (AvgIpc) is 2.85. The number of fused-ring (bicyclic) bond motifs is 1. The van der Waals surface area contributed by atoms with Gasteiger partial charge in [-0.1, -0.05) is 59.1 Å². The van der Waals surface area contributed by atoms with Crippen molar-refractivity contribution in [3.8, 4) is 5.75 Å². The van der Waals surface area contributed by atoms with E-state index >= 15 is 0 Å². The third kappa shape index (κ3) is 6.07. The lowest BCUT2D eigenvalue weighted by Gasteiger charge is -2.37.